The number of anilines is 1. The first-order chi connectivity index (χ1) is 25.8. The fourth-order valence-electron chi connectivity index (χ4n) is 9.60. The second kappa shape index (κ2) is 14.2. The minimum Gasteiger partial charge on any atom is -0.609 e. The average Bonchev–Trinajstić information content (AvgIpc) is 3.35. The molecule has 2 aromatic carbocycles. The molecule has 5 atom stereocenters. The Hall–Kier alpha value is -3.99. The largest absolute Gasteiger partial charge is 0.609 e. The van der Waals surface area contributed by atoms with Crippen molar-refractivity contribution in [2.75, 3.05) is 17.7 Å². The maximum atomic E-state index is 17.4. The van der Waals surface area contributed by atoms with Crippen LogP contribution in [0.5, 0.6) is 5.88 Å². The van der Waals surface area contributed by atoms with Crippen LogP contribution in [0.1, 0.15) is 87.6 Å². The van der Waals surface area contributed by atoms with Gasteiger partial charge in [-0.05, 0) is 68.6 Å². The minimum absolute atomic E-state index is 0.0346. The van der Waals surface area contributed by atoms with E-state index in [1.807, 2.05) is 38.7 Å². The predicted octanol–water partition coefficient (Wildman–Crippen LogP) is 9.17. The van der Waals surface area contributed by atoms with Crippen LogP contribution in [0.25, 0.3) is 32.9 Å². The van der Waals surface area contributed by atoms with Gasteiger partial charge >= 0.3 is 11.2 Å². The van der Waals surface area contributed by atoms with Gasteiger partial charge in [-0.1, -0.05) is 71.7 Å². The van der Waals surface area contributed by atoms with Crippen molar-refractivity contribution in [2.45, 2.75) is 134 Å². The van der Waals surface area contributed by atoms with Crippen LogP contribution < -0.4 is 9.64 Å². The minimum atomic E-state index is -2.27. The summed E-state index contributed by atoms with van der Waals surface area (Å²) < 4.78 is 59.1. The number of carbonyl (C=O) groups is 1. The standard InChI is InChI=1S/C42H51F2N5O4SSi/c1-22(2)55(23(3)4,24(5)6)20-19-28-30(43)17-15-26-13-12-14-29(32(26)28)35-34(44)36-33-38(47-40(46-36)54(11)51)48-21-27-16-18-31(37(48)25(7)52-39(33)45-35)49(27)41(50)53-42(8,9)10/h12-15,17,22-25,27,31,37H,16,18,21H2,1-11H3/t25-,27+,31-,37+,54?/m0/s1. The molecule has 2 saturated heterocycles. The first-order valence-corrected chi connectivity index (χ1v) is 23.1. The van der Waals surface area contributed by atoms with E-state index in [0.29, 0.717) is 51.7 Å². The lowest BCUT2D eigenvalue weighted by Crippen LogP contribution is -2.65. The number of rotatable bonds is 5. The number of aromatic nitrogens is 3. The van der Waals surface area contributed by atoms with Crippen molar-refractivity contribution in [2.24, 2.45) is 0 Å². The van der Waals surface area contributed by atoms with Crippen molar-refractivity contribution in [3.05, 3.63) is 47.5 Å². The molecule has 0 spiro atoms. The molecule has 4 aromatic rings. The van der Waals surface area contributed by atoms with Gasteiger partial charge in [-0.25, -0.2) is 18.6 Å². The molecule has 1 unspecified atom stereocenters. The molecular formula is C42H51F2N5O4SSi. The van der Waals surface area contributed by atoms with E-state index in [-0.39, 0.29) is 51.4 Å². The highest BCUT2D eigenvalue weighted by Gasteiger charge is 2.54. The van der Waals surface area contributed by atoms with Crippen LogP contribution in [0.2, 0.25) is 16.6 Å². The summed E-state index contributed by atoms with van der Waals surface area (Å²) in [5.41, 5.74) is 4.33. The molecule has 2 aromatic heterocycles. The van der Waals surface area contributed by atoms with E-state index >= 15 is 8.78 Å². The van der Waals surface area contributed by atoms with E-state index in [0.717, 1.165) is 6.42 Å². The molecule has 9 nitrogen and oxygen atoms in total. The monoisotopic (exact) mass is 787 g/mol. The van der Waals surface area contributed by atoms with E-state index in [1.54, 1.807) is 18.2 Å². The van der Waals surface area contributed by atoms with Gasteiger partial charge in [0, 0.05) is 28.7 Å². The molecular weight excluding hydrogens is 737 g/mol. The number of hydrogen-bond acceptors (Lipinski definition) is 8. The Morgan fingerprint density at radius 3 is 2.35 bits per heavy atom. The average molecular weight is 788 g/mol. The molecule has 13 heteroatoms. The van der Waals surface area contributed by atoms with Crippen LogP contribution in [0.4, 0.5) is 19.4 Å². The third-order valence-electron chi connectivity index (χ3n) is 11.9. The van der Waals surface area contributed by atoms with Crippen molar-refractivity contribution < 1.29 is 27.6 Å². The Labute approximate surface area is 326 Å². The third-order valence-corrected chi connectivity index (χ3v) is 18.8. The van der Waals surface area contributed by atoms with Crippen LogP contribution >= 0.6 is 0 Å². The Bertz CT molecular complexity index is 2230. The Kier molecular flexibility index (Phi) is 10.1. The van der Waals surface area contributed by atoms with Crippen molar-refractivity contribution in [1.82, 2.24) is 19.9 Å². The van der Waals surface area contributed by atoms with Gasteiger partial charge in [-0.3, -0.25) is 4.90 Å². The summed E-state index contributed by atoms with van der Waals surface area (Å²) in [4.78, 5) is 31.6. The predicted molar refractivity (Wildman–Crippen MR) is 217 cm³/mol. The highest BCUT2D eigenvalue weighted by molar-refractivity contribution is 7.90. The number of halogens is 2. The fourth-order valence-corrected chi connectivity index (χ4v) is 15.2. The Morgan fingerprint density at radius 1 is 1.02 bits per heavy atom. The SMILES string of the molecule is CC(C)[Si](C#Cc1c(F)ccc2cccc(-c3nc4c5c(nc([S+](C)[O-])nc5c3F)N3C[C@H]5CC[C@@H]([C@H]3[C@H](C)O4)N5C(=O)OC(C)(C)C)c12)(C(C)C)C(C)C. The lowest BCUT2D eigenvalue weighted by Gasteiger charge is -2.48. The zero-order valence-corrected chi connectivity index (χ0v) is 35.4. The number of amides is 1. The normalized spacial score (nSPS) is 21.5. The summed E-state index contributed by atoms with van der Waals surface area (Å²) in [7, 11) is -2.27. The van der Waals surface area contributed by atoms with Crippen molar-refractivity contribution >= 4 is 52.8 Å². The lowest BCUT2D eigenvalue weighted by atomic mass is 9.96. The van der Waals surface area contributed by atoms with Gasteiger partial charge in [0.25, 0.3) is 0 Å². The quantitative estimate of drug-likeness (QED) is 0.0854. The van der Waals surface area contributed by atoms with E-state index in [4.69, 9.17) is 19.4 Å². The maximum absolute atomic E-state index is 17.4. The van der Waals surface area contributed by atoms with Crippen LogP contribution in [0, 0.1) is 23.1 Å². The Morgan fingerprint density at radius 2 is 1.71 bits per heavy atom. The molecule has 292 valence electrons. The molecule has 0 radical (unpaired) electrons. The highest BCUT2D eigenvalue weighted by atomic mass is 32.2. The summed E-state index contributed by atoms with van der Waals surface area (Å²) in [5.74, 6) is 2.54. The molecule has 55 heavy (non-hydrogen) atoms. The molecule has 2 bridgehead atoms. The number of fused-ring (bicyclic) bond motifs is 6. The van der Waals surface area contributed by atoms with Gasteiger partial charge in [0.2, 0.25) is 5.88 Å². The summed E-state index contributed by atoms with van der Waals surface area (Å²) in [6.45, 7) is 21.1. The van der Waals surface area contributed by atoms with Crippen molar-refractivity contribution in [3.8, 4) is 28.6 Å². The number of carbonyl (C=O) groups excluding carboxylic acids is 1. The zero-order chi connectivity index (χ0) is 39.9. The molecule has 5 heterocycles. The molecule has 2 fully saturated rings. The van der Waals surface area contributed by atoms with Gasteiger partial charge in [0.1, 0.15) is 48.4 Å². The Balaban J connectivity index is 1.44. The highest BCUT2D eigenvalue weighted by Crippen LogP contribution is 2.47. The number of benzene rings is 2. The van der Waals surface area contributed by atoms with Crippen molar-refractivity contribution in [1.29, 1.82) is 0 Å². The van der Waals surface area contributed by atoms with Crippen LogP contribution in [-0.2, 0) is 15.9 Å². The van der Waals surface area contributed by atoms with Crippen LogP contribution in [-0.4, -0.2) is 81.2 Å². The van der Waals surface area contributed by atoms with E-state index in [9.17, 15) is 9.35 Å². The first kappa shape index (κ1) is 39.2. The summed E-state index contributed by atoms with van der Waals surface area (Å²) >= 11 is -1.67. The number of ether oxygens (including phenoxy) is 2. The van der Waals surface area contributed by atoms with Crippen molar-refractivity contribution in [3.63, 3.8) is 0 Å². The number of hydrogen-bond donors (Lipinski definition) is 0. The second-order valence-corrected chi connectivity index (χ2v) is 24.1. The fraction of sp³-hybridized carbons (Fsp3) is 0.524. The van der Waals surface area contributed by atoms with Crippen LogP contribution in [0.3, 0.4) is 0 Å². The summed E-state index contributed by atoms with van der Waals surface area (Å²) in [6.07, 6.45) is 1.99. The summed E-state index contributed by atoms with van der Waals surface area (Å²) in [5, 5.41) is 1.37. The van der Waals surface area contributed by atoms with Gasteiger partial charge < -0.3 is 18.9 Å². The van der Waals surface area contributed by atoms with Gasteiger partial charge in [-0.15, -0.1) is 5.54 Å². The number of nitrogens with zero attached hydrogens (tertiary/aromatic N) is 5. The van der Waals surface area contributed by atoms with Gasteiger partial charge in [-0.2, -0.15) is 9.97 Å². The summed E-state index contributed by atoms with van der Waals surface area (Å²) in [6, 6.07) is 7.58. The van der Waals surface area contributed by atoms with E-state index < -0.39 is 48.6 Å². The first-order valence-electron chi connectivity index (χ1n) is 19.3. The maximum Gasteiger partial charge on any atom is 0.410 e. The van der Waals surface area contributed by atoms with E-state index in [2.05, 4.69) is 62.9 Å². The van der Waals surface area contributed by atoms with E-state index in [1.165, 1.54) is 12.3 Å². The van der Waals surface area contributed by atoms with Gasteiger partial charge in [0.15, 0.2) is 11.6 Å². The smallest absolute Gasteiger partial charge is 0.410 e. The second-order valence-electron chi connectivity index (χ2n) is 17.2. The topological polar surface area (TPSA) is 104 Å². The molecule has 3 aliphatic heterocycles. The van der Waals surface area contributed by atoms with Crippen LogP contribution in [0.15, 0.2) is 35.5 Å². The number of piperazine rings is 1. The molecule has 0 N–H and O–H groups in total. The van der Waals surface area contributed by atoms with Gasteiger partial charge in [0.05, 0.1) is 23.7 Å². The molecule has 1 amide bonds. The lowest BCUT2D eigenvalue weighted by molar-refractivity contribution is 0.000949. The molecule has 0 aliphatic carbocycles. The number of pyridine rings is 1. The zero-order valence-electron chi connectivity index (χ0n) is 33.6. The molecule has 7 rings (SSSR count). The molecule has 0 saturated carbocycles. The molecule has 3 aliphatic rings. The third kappa shape index (κ3) is 6.51.